The predicted octanol–water partition coefficient (Wildman–Crippen LogP) is 3.70. The van der Waals surface area contributed by atoms with E-state index in [1.165, 1.54) is 5.56 Å². The average molecular weight is 246 g/mol. The molecule has 0 saturated heterocycles. The summed E-state index contributed by atoms with van der Waals surface area (Å²) in [5, 5.41) is 4.18. The minimum atomic E-state index is 1.02. The molecule has 2 nitrogen and oxygen atoms in total. The monoisotopic (exact) mass is 246 g/mol. The van der Waals surface area contributed by atoms with E-state index in [1.807, 2.05) is 42.5 Å². The zero-order valence-electron chi connectivity index (χ0n) is 10.5. The minimum absolute atomic E-state index is 1.02. The summed E-state index contributed by atoms with van der Waals surface area (Å²) in [6.45, 7) is 0. The van der Waals surface area contributed by atoms with Gasteiger partial charge in [-0.05, 0) is 11.6 Å². The SMILES string of the molecule is C1=CC(c2ccccc2)=C(c2ccccc2)NN=C1. The largest absolute Gasteiger partial charge is 0.277 e. The van der Waals surface area contributed by atoms with Crippen molar-refractivity contribution in [2.75, 3.05) is 0 Å². The highest BCUT2D eigenvalue weighted by Gasteiger charge is 2.09. The van der Waals surface area contributed by atoms with Crippen LogP contribution in [0.3, 0.4) is 0 Å². The van der Waals surface area contributed by atoms with Gasteiger partial charge in [-0.25, -0.2) is 0 Å². The molecule has 0 spiro atoms. The second-order valence-corrected chi connectivity index (χ2v) is 4.27. The number of allylic oxidation sites excluding steroid dienone is 3. The molecule has 0 radical (unpaired) electrons. The van der Waals surface area contributed by atoms with Crippen LogP contribution in [0.1, 0.15) is 11.1 Å². The number of nitrogens with zero attached hydrogens (tertiary/aromatic N) is 1. The molecule has 0 saturated carbocycles. The van der Waals surface area contributed by atoms with Gasteiger partial charge in [-0.15, -0.1) is 0 Å². The normalized spacial score (nSPS) is 14.1. The molecule has 1 N–H and O–H groups in total. The zero-order chi connectivity index (χ0) is 12.9. The van der Waals surface area contributed by atoms with Crippen LogP contribution in [0.5, 0.6) is 0 Å². The predicted molar refractivity (Wildman–Crippen MR) is 80.5 cm³/mol. The van der Waals surface area contributed by atoms with E-state index >= 15 is 0 Å². The Morgan fingerprint density at radius 3 is 2.05 bits per heavy atom. The lowest BCUT2D eigenvalue weighted by Gasteiger charge is -2.12. The fourth-order valence-electron chi connectivity index (χ4n) is 2.11. The van der Waals surface area contributed by atoms with Crippen LogP contribution in [0.4, 0.5) is 0 Å². The molecule has 1 heterocycles. The van der Waals surface area contributed by atoms with Crippen LogP contribution in [-0.2, 0) is 0 Å². The molecule has 0 fully saturated rings. The smallest absolute Gasteiger partial charge is 0.0712 e. The molecule has 19 heavy (non-hydrogen) atoms. The number of hydrogen-bond acceptors (Lipinski definition) is 2. The van der Waals surface area contributed by atoms with E-state index in [0.29, 0.717) is 0 Å². The number of nitrogens with one attached hydrogen (secondary N) is 1. The highest BCUT2D eigenvalue weighted by atomic mass is 15.3. The van der Waals surface area contributed by atoms with Gasteiger partial charge in [0.15, 0.2) is 0 Å². The van der Waals surface area contributed by atoms with Crippen LogP contribution in [0.2, 0.25) is 0 Å². The van der Waals surface area contributed by atoms with Crippen molar-refractivity contribution >= 4 is 17.5 Å². The molecular formula is C17H14N2. The lowest BCUT2D eigenvalue weighted by molar-refractivity contribution is 1.00. The first kappa shape index (κ1) is 11.5. The topological polar surface area (TPSA) is 24.4 Å². The third kappa shape index (κ3) is 2.47. The fourth-order valence-corrected chi connectivity index (χ4v) is 2.11. The first-order chi connectivity index (χ1) is 9.45. The van der Waals surface area contributed by atoms with Crippen molar-refractivity contribution in [1.29, 1.82) is 0 Å². The molecule has 1 aliphatic heterocycles. The van der Waals surface area contributed by atoms with Crippen LogP contribution in [-0.4, -0.2) is 6.21 Å². The van der Waals surface area contributed by atoms with Gasteiger partial charge in [0.05, 0.1) is 5.70 Å². The van der Waals surface area contributed by atoms with Crippen molar-refractivity contribution in [2.45, 2.75) is 0 Å². The summed E-state index contributed by atoms with van der Waals surface area (Å²) in [7, 11) is 0. The number of benzene rings is 2. The Morgan fingerprint density at radius 2 is 1.37 bits per heavy atom. The molecular weight excluding hydrogens is 232 g/mol. The molecule has 0 bridgehead atoms. The van der Waals surface area contributed by atoms with Crippen LogP contribution in [0, 0.1) is 0 Å². The van der Waals surface area contributed by atoms with Crippen molar-refractivity contribution in [2.24, 2.45) is 5.10 Å². The number of hydrazone groups is 1. The summed E-state index contributed by atoms with van der Waals surface area (Å²) in [4.78, 5) is 0. The van der Waals surface area contributed by atoms with E-state index in [0.717, 1.165) is 16.8 Å². The summed E-state index contributed by atoms with van der Waals surface area (Å²) in [5.41, 5.74) is 7.61. The molecule has 0 aliphatic carbocycles. The van der Waals surface area contributed by atoms with E-state index in [1.54, 1.807) is 6.21 Å². The van der Waals surface area contributed by atoms with E-state index in [4.69, 9.17) is 0 Å². The Bertz CT molecular complexity index is 637. The van der Waals surface area contributed by atoms with Gasteiger partial charge in [-0.3, -0.25) is 5.43 Å². The van der Waals surface area contributed by atoms with Gasteiger partial charge in [0, 0.05) is 17.4 Å². The third-order valence-corrected chi connectivity index (χ3v) is 3.02. The second kappa shape index (κ2) is 5.36. The first-order valence-electron chi connectivity index (χ1n) is 6.26. The van der Waals surface area contributed by atoms with Crippen molar-refractivity contribution in [1.82, 2.24) is 5.43 Å². The summed E-state index contributed by atoms with van der Waals surface area (Å²) in [6, 6.07) is 20.6. The maximum absolute atomic E-state index is 4.18. The quantitative estimate of drug-likeness (QED) is 0.858. The van der Waals surface area contributed by atoms with Gasteiger partial charge < -0.3 is 0 Å². The Labute approximate surface area is 112 Å². The molecule has 1 aliphatic rings. The van der Waals surface area contributed by atoms with Crippen molar-refractivity contribution in [3.05, 3.63) is 83.9 Å². The summed E-state index contributed by atoms with van der Waals surface area (Å²) >= 11 is 0. The van der Waals surface area contributed by atoms with Crippen molar-refractivity contribution in [3.8, 4) is 0 Å². The summed E-state index contributed by atoms with van der Waals surface area (Å²) in [5.74, 6) is 0. The molecule has 3 rings (SSSR count). The van der Waals surface area contributed by atoms with Gasteiger partial charge in [-0.2, -0.15) is 5.10 Å². The molecule has 2 heteroatoms. The van der Waals surface area contributed by atoms with Gasteiger partial charge in [0.2, 0.25) is 0 Å². The molecule has 0 amide bonds. The van der Waals surface area contributed by atoms with Crippen LogP contribution >= 0.6 is 0 Å². The Morgan fingerprint density at radius 1 is 0.737 bits per heavy atom. The van der Waals surface area contributed by atoms with Gasteiger partial charge in [-0.1, -0.05) is 66.7 Å². The van der Waals surface area contributed by atoms with E-state index in [-0.39, 0.29) is 0 Å². The van der Waals surface area contributed by atoms with Gasteiger partial charge in [0.25, 0.3) is 0 Å². The molecule has 0 unspecified atom stereocenters. The lowest BCUT2D eigenvalue weighted by Crippen LogP contribution is -2.05. The van der Waals surface area contributed by atoms with Gasteiger partial charge >= 0.3 is 0 Å². The number of hydrogen-bond donors (Lipinski definition) is 1. The van der Waals surface area contributed by atoms with Crippen molar-refractivity contribution < 1.29 is 0 Å². The Balaban J connectivity index is 2.17. The molecule has 2 aromatic rings. The number of rotatable bonds is 2. The molecule has 0 aromatic heterocycles. The third-order valence-electron chi connectivity index (χ3n) is 3.02. The molecule has 2 aromatic carbocycles. The maximum atomic E-state index is 4.18. The van der Waals surface area contributed by atoms with Crippen LogP contribution in [0.15, 0.2) is 77.9 Å². The second-order valence-electron chi connectivity index (χ2n) is 4.27. The average Bonchev–Trinajstić information content (AvgIpc) is 2.75. The standard InChI is InChI=1S/C17H14N2/c1-3-8-14(9-4-1)16-12-7-13-18-19-17(16)15-10-5-2-6-11-15/h1-13,19H. The van der Waals surface area contributed by atoms with E-state index in [9.17, 15) is 0 Å². The zero-order valence-corrected chi connectivity index (χ0v) is 10.5. The highest BCUT2D eigenvalue weighted by molar-refractivity contribution is 5.97. The minimum Gasteiger partial charge on any atom is -0.277 e. The molecule has 92 valence electrons. The molecule has 0 atom stereocenters. The summed E-state index contributed by atoms with van der Waals surface area (Å²) in [6.07, 6.45) is 5.80. The van der Waals surface area contributed by atoms with Crippen LogP contribution < -0.4 is 5.43 Å². The van der Waals surface area contributed by atoms with E-state index < -0.39 is 0 Å². The van der Waals surface area contributed by atoms with Crippen LogP contribution in [0.25, 0.3) is 11.3 Å². The highest BCUT2D eigenvalue weighted by Crippen LogP contribution is 2.26. The van der Waals surface area contributed by atoms with Gasteiger partial charge in [0.1, 0.15) is 0 Å². The lowest BCUT2D eigenvalue weighted by atomic mass is 9.99. The first-order valence-corrected chi connectivity index (χ1v) is 6.26. The summed E-state index contributed by atoms with van der Waals surface area (Å²) < 4.78 is 0. The Hall–Kier alpha value is -2.61. The maximum Gasteiger partial charge on any atom is 0.0712 e. The fraction of sp³-hybridized carbons (Fsp3) is 0. The van der Waals surface area contributed by atoms with Crippen molar-refractivity contribution in [3.63, 3.8) is 0 Å². The Kier molecular flexibility index (Phi) is 3.24. The van der Waals surface area contributed by atoms with E-state index in [2.05, 4.69) is 40.9 Å².